The summed E-state index contributed by atoms with van der Waals surface area (Å²) >= 11 is 0. The highest BCUT2D eigenvalue weighted by molar-refractivity contribution is 5.92. The molecule has 162 valence electrons. The average molecular weight is 421 g/mol. The standard InChI is InChI=1S/C25H28N2O4/c1-16-24(19-7-5-6-8-20(19)26-16)18-11-12-27(15-18)23(28)10-9-17-13-21(29-2)25(31-4)22(14-17)30-3/h5-10,13-14,18,26H,11-12,15H2,1-4H3/b10-9+. The first-order valence-electron chi connectivity index (χ1n) is 10.4. The van der Waals surface area contributed by atoms with Gasteiger partial charge in [0.25, 0.3) is 0 Å². The molecule has 1 saturated heterocycles. The van der Waals surface area contributed by atoms with Crippen molar-refractivity contribution in [1.29, 1.82) is 0 Å². The Bertz CT molecular complexity index is 1110. The molecule has 0 spiro atoms. The molecule has 1 unspecified atom stereocenters. The summed E-state index contributed by atoms with van der Waals surface area (Å²) in [7, 11) is 4.72. The molecule has 1 aliphatic rings. The third kappa shape index (κ3) is 3.98. The van der Waals surface area contributed by atoms with Crippen LogP contribution in [-0.2, 0) is 4.79 Å². The maximum absolute atomic E-state index is 12.9. The summed E-state index contributed by atoms with van der Waals surface area (Å²) in [6.45, 7) is 3.59. The molecule has 1 aliphatic heterocycles. The van der Waals surface area contributed by atoms with Crippen LogP contribution in [0.2, 0.25) is 0 Å². The van der Waals surface area contributed by atoms with E-state index in [1.807, 2.05) is 23.1 Å². The molecule has 0 bridgehead atoms. The van der Waals surface area contributed by atoms with E-state index in [0.717, 1.165) is 30.6 Å². The number of hydrogen-bond acceptors (Lipinski definition) is 4. The van der Waals surface area contributed by atoms with Crippen LogP contribution >= 0.6 is 0 Å². The fraction of sp³-hybridized carbons (Fsp3) is 0.320. The lowest BCUT2D eigenvalue weighted by atomic mass is 9.95. The first kappa shape index (κ1) is 20.8. The van der Waals surface area contributed by atoms with Crippen molar-refractivity contribution >= 4 is 22.9 Å². The van der Waals surface area contributed by atoms with Gasteiger partial charge in [-0.1, -0.05) is 18.2 Å². The number of carbonyl (C=O) groups excluding carboxylic acids is 1. The number of aromatic amines is 1. The first-order chi connectivity index (χ1) is 15.0. The zero-order chi connectivity index (χ0) is 22.0. The SMILES string of the molecule is COc1cc(/C=C/C(=O)N2CCC(c3c(C)[nH]c4ccccc34)C2)cc(OC)c1OC. The van der Waals surface area contributed by atoms with Crippen molar-refractivity contribution in [2.45, 2.75) is 19.3 Å². The van der Waals surface area contributed by atoms with Crippen LogP contribution in [0.25, 0.3) is 17.0 Å². The Labute approximate surface area is 182 Å². The van der Waals surface area contributed by atoms with Gasteiger partial charge in [0.1, 0.15) is 0 Å². The quantitative estimate of drug-likeness (QED) is 0.595. The lowest BCUT2D eigenvalue weighted by molar-refractivity contribution is -0.124. The molecule has 0 saturated carbocycles. The van der Waals surface area contributed by atoms with Crippen molar-refractivity contribution in [3.05, 3.63) is 59.3 Å². The van der Waals surface area contributed by atoms with Gasteiger partial charge in [-0.25, -0.2) is 0 Å². The number of rotatable bonds is 6. The van der Waals surface area contributed by atoms with Gasteiger partial charge in [0.2, 0.25) is 11.7 Å². The van der Waals surface area contributed by atoms with Crippen LogP contribution in [0, 0.1) is 6.92 Å². The second kappa shape index (κ2) is 8.76. The number of aryl methyl sites for hydroxylation is 1. The van der Waals surface area contributed by atoms with Crippen LogP contribution in [-0.4, -0.2) is 50.2 Å². The highest BCUT2D eigenvalue weighted by Crippen LogP contribution is 2.39. The second-order valence-electron chi connectivity index (χ2n) is 7.77. The Balaban J connectivity index is 1.50. The van der Waals surface area contributed by atoms with Gasteiger partial charge < -0.3 is 24.1 Å². The summed E-state index contributed by atoms with van der Waals surface area (Å²) < 4.78 is 16.1. The number of hydrogen-bond donors (Lipinski definition) is 1. The van der Waals surface area contributed by atoms with Crippen molar-refractivity contribution in [3.63, 3.8) is 0 Å². The average Bonchev–Trinajstić information content (AvgIpc) is 3.40. The lowest BCUT2D eigenvalue weighted by Crippen LogP contribution is -2.26. The van der Waals surface area contributed by atoms with E-state index in [2.05, 4.69) is 30.1 Å². The number of amides is 1. The first-order valence-corrected chi connectivity index (χ1v) is 10.4. The highest BCUT2D eigenvalue weighted by atomic mass is 16.5. The third-order valence-corrected chi connectivity index (χ3v) is 5.96. The molecular weight excluding hydrogens is 392 g/mol. The second-order valence-corrected chi connectivity index (χ2v) is 7.77. The largest absolute Gasteiger partial charge is 0.493 e. The van der Waals surface area contributed by atoms with Gasteiger partial charge in [0.05, 0.1) is 21.3 Å². The molecule has 1 aromatic heterocycles. The van der Waals surface area contributed by atoms with Crippen molar-refractivity contribution in [2.75, 3.05) is 34.4 Å². The number of H-pyrrole nitrogens is 1. The number of para-hydroxylation sites is 1. The Morgan fingerprint density at radius 3 is 2.48 bits per heavy atom. The number of nitrogens with one attached hydrogen (secondary N) is 1. The lowest BCUT2D eigenvalue weighted by Gasteiger charge is -2.15. The minimum Gasteiger partial charge on any atom is -0.493 e. The topological polar surface area (TPSA) is 63.8 Å². The summed E-state index contributed by atoms with van der Waals surface area (Å²) in [5.74, 6) is 2.00. The van der Waals surface area contributed by atoms with Crippen LogP contribution in [0.15, 0.2) is 42.5 Å². The molecule has 1 N–H and O–H groups in total. The number of methoxy groups -OCH3 is 3. The smallest absolute Gasteiger partial charge is 0.246 e. The number of benzene rings is 2. The highest BCUT2D eigenvalue weighted by Gasteiger charge is 2.29. The maximum Gasteiger partial charge on any atom is 0.246 e. The number of ether oxygens (including phenoxy) is 3. The summed E-state index contributed by atoms with van der Waals surface area (Å²) in [4.78, 5) is 18.2. The molecule has 0 aliphatic carbocycles. The number of carbonyl (C=O) groups is 1. The van der Waals surface area contributed by atoms with Gasteiger partial charge in [0, 0.05) is 41.7 Å². The number of aromatic nitrogens is 1. The normalized spacial score (nSPS) is 16.3. The fourth-order valence-electron chi connectivity index (χ4n) is 4.49. The Hall–Kier alpha value is -3.41. The number of likely N-dealkylation sites (tertiary alicyclic amines) is 1. The molecular formula is C25H28N2O4. The molecule has 2 aromatic carbocycles. The molecule has 2 heterocycles. The molecule has 31 heavy (non-hydrogen) atoms. The molecule has 1 amide bonds. The summed E-state index contributed by atoms with van der Waals surface area (Å²) in [5, 5.41) is 1.26. The van der Waals surface area contributed by atoms with Gasteiger partial charge >= 0.3 is 0 Å². The van der Waals surface area contributed by atoms with E-state index >= 15 is 0 Å². The van der Waals surface area contributed by atoms with Crippen LogP contribution in [0.1, 0.15) is 29.2 Å². The molecule has 1 atom stereocenters. The van der Waals surface area contributed by atoms with E-state index in [4.69, 9.17) is 14.2 Å². The fourth-order valence-corrected chi connectivity index (χ4v) is 4.49. The predicted molar refractivity (Wildman–Crippen MR) is 122 cm³/mol. The molecule has 6 nitrogen and oxygen atoms in total. The third-order valence-electron chi connectivity index (χ3n) is 5.96. The van der Waals surface area contributed by atoms with E-state index < -0.39 is 0 Å². The van der Waals surface area contributed by atoms with Crippen LogP contribution in [0.3, 0.4) is 0 Å². The van der Waals surface area contributed by atoms with Gasteiger partial charge in [0.15, 0.2) is 11.5 Å². The van der Waals surface area contributed by atoms with E-state index in [1.165, 1.54) is 16.6 Å². The van der Waals surface area contributed by atoms with Crippen LogP contribution < -0.4 is 14.2 Å². The number of fused-ring (bicyclic) bond motifs is 1. The van der Waals surface area contributed by atoms with Crippen molar-refractivity contribution in [3.8, 4) is 17.2 Å². The van der Waals surface area contributed by atoms with Crippen LogP contribution in [0.5, 0.6) is 17.2 Å². The monoisotopic (exact) mass is 420 g/mol. The zero-order valence-electron chi connectivity index (χ0n) is 18.4. The van der Waals surface area contributed by atoms with E-state index in [-0.39, 0.29) is 5.91 Å². The summed E-state index contributed by atoms with van der Waals surface area (Å²) in [5.41, 5.74) is 4.49. The van der Waals surface area contributed by atoms with Crippen molar-refractivity contribution in [1.82, 2.24) is 9.88 Å². The minimum absolute atomic E-state index is 0.00810. The van der Waals surface area contributed by atoms with Crippen LogP contribution in [0.4, 0.5) is 0 Å². The molecule has 3 aromatic rings. The van der Waals surface area contributed by atoms with Gasteiger partial charge in [-0.2, -0.15) is 0 Å². The van der Waals surface area contributed by atoms with E-state index in [0.29, 0.717) is 23.2 Å². The minimum atomic E-state index is 0.00810. The Morgan fingerprint density at radius 2 is 1.81 bits per heavy atom. The summed E-state index contributed by atoms with van der Waals surface area (Å²) in [6, 6.07) is 12.0. The maximum atomic E-state index is 12.9. The van der Waals surface area contributed by atoms with Gasteiger partial charge in [-0.3, -0.25) is 4.79 Å². The number of nitrogens with zero attached hydrogens (tertiary/aromatic N) is 1. The molecule has 4 rings (SSSR count). The van der Waals surface area contributed by atoms with Gasteiger partial charge in [-0.15, -0.1) is 0 Å². The molecule has 1 fully saturated rings. The Morgan fingerprint density at radius 1 is 1.10 bits per heavy atom. The van der Waals surface area contributed by atoms with Gasteiger partial charge in [-0.05, 0) is 48.7 Å². The Kier molecular flexibility index (Phi) is 5.89. The molecule has 6 heteroatoms. The van der Waals surface area contributed by atoms with Crippen molar-refractivity contribution < 1.29 is 19.0 Å². The molecule has 0 radical (unpaired) electrons. The predicted octanol–water partition coefficient (Wildman–Crippen LogP) is 4.53. The zero-order valence-corrected chi connectivity index (χ0v) is 18.4. The summed E-state index contributed by atoms with van der Waals surface area (Å²) in [6.07, 6.45) is 4.37. The van der Waals surface area contributed by atoms with E-state index in [1.54, 1.807) is 33.5 Å². The van der Waals surface area contributed by atoms with Crippen molar-refractivity contribution in [2.24, 2.45) is 0 Å². The van der Waals surface area contributed by atoms with E-state index in [9.17, 15) is 4.79 Å².